The third kappa shape index (κ3) is 4.55. The van der Waals surface area contributed by atoms with Crippen LogP contribution >= 0.6 is 23.2 Å². The summed E-state index contributed by atoms with van der Waals surface area (Å²) in [6, 6.07) is 7.68. The standard InChI is InChI=1S/C29H30Cl2N6O3/c1-15-10-24-20(13-35(15)28(39)18-6-8-21(30)22(31)11-18)26-29(40)36(14-25(27(38)32-3)37(26)34-24)16(2)19-7-9-23(33-12-19)17-4-5-17/h6-9,11-12,15-17,25H,4-5,10,13-14H2,1-3H3,(H,32,38)/t15-,16+,25+/m1/s1. The van der Waals surface area contributed by atoms with Crippen LogP contribution in [-0.4, -0.2) is 61.9 Å². The fourth-order valence-electron chi connectivity index (χ4n) is 5.72. The Morgan fingerprint density at radius 1 is 1.12 bits per heavy atom. The second-order valence-electron chi connectivity index (χ2n) is 10.9. The van der Waals surface area contributed by atoms with Gasteiger partial charge in [0.25, 0.3) is 11.8 Å². The minimum absolute atomic E-state index is 0.175. The molecule has 0 radical (unpaired) electrons. The average molecular weight is 582 g/mol. The van der Waals surface area contributed by atoms with Gasteiger partial charge < -0.3 is 15.1 Å². The topological polar surface area (TPSA) is 100 Å². The SMILES string of the molecule is CNC(=O)[C@@H]1CN([C@@H](C)c2ccc(C3CC3)nc2)C(=O)c2c3c(nn21)C[C@@H](C)N(C(=O)c1ccc(Cl)c(Cl)c1)C3. The number of carbonyl (C=O) groups excluding carboxylic acids is 3. The molecule has 0 spiro atoms. The van der Waals surface area contributed by atoms with Crippen LogP contribution in [0.1, 0.15) is 88.1 Å². The monoisotopic (exact) mass is 580 g/mol. The molecule has 208 valence electrons. The van der Waals surface area contributed by atoms with Crippen LogP contribution < -0.4 is 5.32 Å². The molecule has 3 aliphatic rings. The van der Waals surface area contributed by atoms with Crippen LogP contribution in [-0.2, 0) is 17.8 Å². The van der Waals surface area contributed by atoms with Crippen molar-refractivity contribution in [2.45, 2.75) is 63.7 Å². The van der Waals surface area contributed by atoms with E-state index in [1.54, 1.807) is 39.7 Å². The highest BCUT2D eigenvalue weighted by Crippen LogP contribution is 2.40. The molecule has 3 amide bonds. The van der Waals surface area contributed by atoms with Gasteiger partial charge in [0, 0.05) is 48.4 Å². The molecule has 9 nitrogen and oxygen atoms in total. The predicted octanol–water partition coefficient (Wildman–Crippen LogP) is 4.55. The Balaban J connectivity index is 1.35. The number of aromatic nitrogens is 3. The molecule has 2 aromatic heterocycles. The summed E-state index contributed by atoms with van der Waals surface area (Å²) in [5.74, 6) is -0.125. The number of carbonyl (C=O) groups is 3. The molecule has 1 aliphatic carbocycles. The first-order valence-corrected chi connectivity index (χ1v) is 14.3. The Bertz CT molecular complexity index is 1520. The molecule has 1 fully saturated rings. The largest absolute Gasteiger partial charge is 0.357 e. The second kappa shape index (κ2) is 10.2. The number of halogens is 2. The summed E-state index contributed by atoms with van der Waals surface area (Å²) in [5.41, 5.74) is 4.15. The quantitative estimate of drug-likeness (QED) is 0.477. The van der Waals surface area contributed by atoms with Gasteiger partial charge >= 0.3 is 0 Å². The van der Waals surface area contributed by atoms with E-state index in [4.69, 9.17) is 28.3 Å². The molecule has 4 heterocycles. The van der Waals surface area contributed by atoms with Crippen LogP contribution in [0, 0.1) is 0 Å². The molecule has 0 unspecified atom stereocenters. The van der Waals surface area contributed by atoms with Crippen LogP contribution in [0.5, 0.6) is 0 Å². The van der Waals surface area contributed by atoms with Crippen molar-refractivity contribution in [3.05, 3.63) is 80.3 Å². The zero-order valence-corrected chi connectivity index (χ0v) is 24.0. The first-order valence-electron chi connectivity index (χ1n) is 13.5. The van der Waals surface area contributed by atoms with Gasteiger partial charge in [-0.15, -0.1) is 0 Å². The smallest absolute Gasteiger partial charge is 0.273 e. The molecule has 6 rings (SSSR count). The van der Waals surface area contributed by atoms with Crippen molar-refractivity contribution in [3.63, 3.8) is 0 Å². The maximum absolute atomic E-state index is 14.1. The number of hydrogen-bond acceptors (Lipinski definition) is 5. The van der Waals surface area contributed by atoms with Crippen LogP contribution in [0.15, 0.2) is 36.5 Å². The maximum Gasteiger partial charge on any atom is 0.273 e. The van der Waals surface area contributed by atoms with Gasteiger partial charge in [-0.05, 0) is 56.5 Å². The lowest BCUT2D eigenvalue weighted by molar-refractivity contribution is -0.125. The van der Waals surface area contributed by atoms with E-state index in [1.807, 2.05) is 32.2 Å². The number of benzene rings is 1. The molecular weight excluding hydrogens is 551 g/mol. The maximum atomic E-state index is 14.1. The number of nitrogens with one attached hydrogen (secondary N) is 1. The van der Waals surface area contributed by atoms with E-state index in [0.29, 0.717) is 39.2 Å². The Hall–Kier alpha value is -3.43. The molecule has 3 atom stereocenters. The van der Waals surface area contributed by atoms with Gasteiger partial charge in [0.2, 0.25) is 5.91 Å². The summed E-state index contributed by atoms with van der Waals surface area (Å²) >= 11 is 12.2. The van der Waals surface area contributed by atoms with Crippen LogP contribution in [0.4, 0.5) is 0 Å². The fourth-order valence-corrected chi connectivity index (χ4v) is 6.02. The lowest BCUT2D eigenvalue weighted by Gasteiger charge is -2.38. The third-order valence-electron chi connectivity index (χ3n) is 8.30. The minimum Gasteiger partial charge on any atom is -0.357 e. The lowest BCUT2D eigenvalue weighted by atomic mass is 9.96. The van der Waals surface area contributed by atoms with E-state index >= 15 is 0 Å². The second-order valence-corrected chi connectivity index (χ2v) is 11.7. The number of rotatable bonds is 5. The van der Waals surface area contributed by atoms with E-state index in [0.717, 1.165) is 17.0 Å². The molecule has 3 aromatic rings. The summed E-state index contributed by atoms with van der Waals surface area (Å²) in [6.45, 7) is 4.27. The highest BCUT2D eigenvalue weighted by atomic mass is 35.5. The lowest BCUT2D eigenvalue weighted by Crippen LogP contribution is -2.49. The first kappa shape index (κ1) is 26.8. The average Bonchev–Trinajstić information content (AvgIpc) is 3.74. The van der Waals surface area contributed by atoms with Gasteiger partial charge in [0.1, 0.15) is 11.7 Å². The summed E-state index contributed by atoms with van der Waals surface area (Å²) < 4.78 is 1.56. The number of amides is 3. The van der Waals surface area contributed by atoms with Crippen LogP contribution in [0.25, 0.3) is 0 Å². The van der Waals surface area contributed by atoms with Gasteiger partial charge in [-0.25, -0.2) is 4.68 Å². The van der Waals surface area contributed by atoms with Crippen molar-refractivity contribution in [2.24, 2.45) is 0 Å². The van der Waals surface area contributed by atoms with E-state index in [9.17, 15) is 14.4 Å². The van der Waals surface area contributed by atoms with Crippen molar-refractivity contribution in [3.8, 4) is 0 Å². The fraction of sp³-hybridized carbons (Fsp3) is 0.414. The number of pyridine rings is 1. The number of hydrogen-bond donors (Lipinski definition) is 1. The summed E-state index contributed by atoms with van der Waals surface area (Å²) in [4.78, 5) is 48.8. The van der Waals surface area contributed by atoms with E-state index in [-0.39, 0.29) is 42.9 Å². The van der Waals surface area contributed by atoms with Crippen molar-refractivity contribution < 1.29 is 14.4 Å². The summed E-state index contributed by atoms with van der Waals surface area (Å²) in [6.07, 6.45) is 4.62. The molecule has 2 aliphatic heterocycles. The van der Waals surface area contributed by atoms with E-state index < -0.39 is 6.04 Å². The molecular formula is C29H30Cl2N6O3. The Morgan fingerprint density at radius 3 is 2.55 bits per heavy atom. The number of fused-ring (bicyclic) bond motifs is 3. The highest BCUT2D eigenvalue weighted by Gasteiger charge is 2.43. The molecule has 11 heteroatoms. The molecule has 0 saturated heterocycles. The van der Waals surface area contributed by atoms with Crippen molar-refractivity contribution in [2.75, 3.05) is 13.6 Å². The van der Waals surface area contributed by atoms with Gasteiger partial charge in [-0.1, -0.05) is 29.3 Å². The van der Waals surface area contributed by atoms with Crippen LogP contribution in [0.3, 0.4) is 0 Å². The Kier molecular flexibility index (Phi) is 6.82. The predicted molar refractivity (Wildman–Crippen MR) is 150 cm³/mol. The summed E-state index contributed by atoms with van der Waals surface area (Å²) in [5, 5.41) is 8.16. The molecule has 1 aromatic carbocycles. The van der Waals surface area contributed by atoms with Gasteiger partial charge in [0.15, 0.2) is 0 Å². The van der Waals surface area contributed by atoms with E-state index in [1.165, 1.54) is 12.8 Å². The highest BCUT2D eigenvalue weighted by molar-refractivity contribution is 6.42. The zero-order valence-electron chi connectivity index (χ0n) is 22.5. The van der Waals surface area contributed by atoms with Gasteiger partial charge in [-0.3, -0.25) is 19.4 Å². The summed E-state index contributed by atoms with van der Waals surface area (Å²) in [7, 11) is 1.58. The molecule has 1 saturated carbocycles. The molecule has 0 bridgehead atoms. The number of nitrogens with zero attached hydrogens (tertiary/aromatic N) is 5. The number of likely N-dealkylation sites (N-methyl/N-ethyl adjacent to an activating group) is 1. The first-order chi connectivity index (χ1) is 19.2. The van der Waals surface area contributed by atoms with Crippen molar-refractivity contribution in [1.29, 1.82) is 0 Å². The van der Waals surface area contributed by atoms with Gasteiger partial charge in [0.05, 0.1) is 34.9 Å². The Labute approximate surface area is 242 Å². The normalized spacial score (nSPS) is 21.1. The minimum atomic E-state index is -0.695. The van der Waals surface area contributed by atoms with Crippen molar-refractivity contribution >= 4 is 40.9 Å². The molecule has 40 heavy (non-hydrogen) atoms. The van der Waals surface area contributed by atoms with Crippen LogP contribution in [0.2, 0.25) is 10.0 Å². The van der Waals surface area contributed by atoms with Crippen molar-refractivity contribution in [1.82, 2.24) is 29.9 Å². The van der Waals surface area contributed by atoms with E-state index in [2.05, 4.69) is 10.3 Å². The third-order valence-corrected chi connectivity index (χ3v) is 9.04. The zero-order chi connectivity index (χ0) is 28.3. The Morgan fingerprint density at radius 2 is 1.90 bits per heavy atom. The molecule has 1 N–H and O–H groups in total. The van der Waals surface area contributed by atoms with Gasteiger partial charge in [-0.2, -0.15) is 5.10 Å².